The standard InChI is InChI=1S/C22H23NO2/c1-14-12-16(3)21(19(24)13-14)22-15(2)10-11-20(25)23(22)17(4)18-8-6-5-7-9-18/h5-13,17,24H,1-4H3/t17-/m0/s1. The fourth-order valence-corrected chi connectivity index (χ4v) is 3.49. The number of aromatic hydroxyl groups is 1. The van der Waals surface area contributed by atoms with E-state index in [2.05, 4.69) is 0 Å². The van der Waals surface area contributed by atoms with Crippen LogP contribution in [0.3, 0.4) is 0 Å². The molecule has 0 saturated carbocycles. The lowest BCUT2D eigenvalue weighted by Gasteiger charge is -2.23. The Bertz CT molecular complexity index is 948. The summed E-state index contributed by atoms with van der Waals surface area (Å²) in [5.41, 5.74) is 5.40. The smallest absolute Gasteiger partial charge is 0.251 e. The molecule has 25 heavy (non-hydrogen) atoms. The van der Waals surface area contributed by atoms with E-state index >= 15 is 0 Å². The minimum absolute atomic E-state index is 0.0728. The van der Waals surface area contributed by atoms with Crippen LogP contribution in [0.25, 0.3) is 11.3 Å². The van der Waals surface area contributed by atoms with Gasteiger partial charge in [-0.2, -0.15) is 0 Å². The molecular weight excluding hydrogens is 310 g/mol. The molecule has 1 aromatic heterocycles. The maximum absolute atomic E-state index is 12.8. The zero-order valence-electron chi connectivity index (χ0n) is 15.1. The van der Waals surface area contributed by atoms with Crippen LogP contribution in [0.2, 0.25) is 0 Å². The summed E-state index contributed by atoms with van der Waals surface area (Å²) >= 11 is 0. The number of nitrogens with zero attached hydrogens (tertiary/aromatic N) is 1. The molecule has 1 heterocycles. The normalized spacial score (nSPS) is 12.2. The minimum Gasteiger partial charge on any atom is -0.507 e. The number of phenolic OH excluding ortho intramolecular Hbond substituents is 1. The lowest BCUT2D eigenvalue weighted by Crippen LogP contribution is -2.25. The van der Waals surface area contributed by atoms with E-state index in [1.807, 2.05) is 70.2 Å². The predicted molar refractivity (Wildman–Crippen MR) is 102 cm³/mol. The molecule has 0 saturated heterocycles. The summed E-state index contributed by atoms with van der Waals surface area (Å²) in [7, 11) is 0. The third-order valence-electron chi connectivity index (χ3n) is 4.69. The lowest BCUT2D eigenvalue weighted by molar-refractivity contribution is 0.475. The van der Waals surface area contributed by atoms with Crippen LogP contribution in [0.1, 0.15) is 35.2 Å². The molecule has 0 unspecified atom stereocenters. The second kappa shape index (κ2) is 6.60. The minimum atomic E-state index is -0.135. The van der Waals surface area contributed by atoms with E-state index in [4.69, 9.17) is 0 Å². The molecule has 1 N–H and O–H groups in total. The maximum Gasteiger partial charge on any atom is 0.251 e. The average molecular weight is 333 g/mol. The molecule has 3 aromatic rings. The van der Waals surface area contributed by atoms with Gasteiger partial charge in [-0.15, -0.1) is 0 Å². The summed E-state index contributed by atoms with van der Waals surface area (Å²) in [5, 5.41) is 10.6. The van der Waals surface area contributed by atoms with Crippen LogP contribution in [0.5, 0.6) is 5.75 Å². The van der Waals surface area contributed by atoms with Gasteiger partial charge in [0.05, 0.1) is 11.7 Å². The Morgan fingerprint density at radius 3 is 2.24 bits per heavy atom. The molecule has 0 spiro atoms. The third-order valence-corrected chi connectivity index (χ3v) is 4.69. The molecule has 0 aliphatic heterocycles. The van der Waals surface area contributed by atoms with Crippen LogP contribution in [-0.4, -0.2) is 9.67 Å². The topological polar surface area (TPSA) is 42.2 Å². The first-order chi connectivity index (χ1) is 11.9. The Hall–Kier alpha value is -2.81. The largest absolute Gasteiger partial charge is 0.507 e. The number of phenols is 1. The van der Waals surface area contributed by atoms with Crippen LogP contribution in [-0.2, 0) is 0 Å². The zero-order chi connectivity index (χ0) is 18.1. The van der Waals surface area contributed by atoms with Crippen molar-refractivity contribution in [3.63, 3.8) is 0 Å². The predicted octanol–water partition coefficient (Wildman–Crippen LogP) is 4.76. The number of hydrogen-bond donors (Lipinski definition) is 1. The Kier molecular flexibility index (Phi) is 4.49. The fraction of sp³-hybridized carbons (Fsp3) is 0.227. The molecule has 0 aliphatic carbocycles. The van der Waals surface area contributed by atoms with Crippen LogP contribution in [0.15, 0.2) is 59.4 Å². The lowest BCUT2D eigenvalue weighted by atomic mass is 9.96. The number of hydrogen-bond acceptors (Lipinski definition) is 2. The molecule has 0 amide bonds. The Morgan fingerprint density at radius 1 is 0.920 bits per heavy atom. The van der Waals surface area contributed by atoms with Crippen LogP contribution < -0.4 is 5.56 Å². The van der Waals surface area contributed by atoms with E-state index < -0.39 is 0 Å². The van der Waals surface area contributed by atoms with E-state index in [1.54, 1.807) is 16.7 Å². The Labute approximate surface area is 148 Å². The van der Waals surface area contributed by atoms with Crippen molar-refractivity contribution in [2.75, 3.05) is 0 Å². The number of aromatic nitrogens is 1. The van der Waals surface area contributed by atoms with Crippen molar-refractivity contribution in [2.45, 2.75) is 33.7 Å². The molecule has 0 aliphatic rings. The van der Waals surface area contributed by atoms with Gasteiger partial charge in [-0.3, -0.25) is 4.79 Å². The van der Waals surface area contributed by atoms with Gasteiger partial charge >= 0.3 is 0 Å². The third kappa shape index (κ3) is 3.10. The molecule has 3 heteroatoms. The van der Waals surface area contributed by atoms with E-state index in [1.165, 1.54) is 0 Å². The number of rotatable bonds is 3. The van der Waals surface area contributed by atoms with Crippen LogP contribution in [0, 0.1) is 20.8 Å². The first-order valence-corrected chi connectivity index (χ1v) is 8.48. The van der Waals surface area contributed by atoms with Crippen molar-refractivity contribution < 1.29 is 5.11 Å². The van der Waals surface area contributed by atoms with Gasteiger partial charge in [0, 0.05) is 11.6 Å². The maximum atomic E-state index is 12.8. The van der Waals surface area contributed by atoms with E-state index in [9.17, 15) is 9.90 Å². The summed E-state index contributed by atoms with van der Waals surface area (Å²) in [5.74, 6) is 0.209. The van der Waals surface area contributed by atoms with E-state index in [0.717, 1.165) is 33.5 Å². The van der Waals surface area contributed by atoms with Crippen molar-refractivity contribution in [1.82, 2.24) is 4.57 Å². The first-order valence-electron chi connectivity index (χ1n) is 8.48. The number of pyridine rings is 1. The molecule has 3 nitrogen and oxygen atoms in total. The summed E-state index contributed by atoms with van der Waals surface area (Å²) in [6.45, 7) is 7.91. The highest BCUT2D eigenvalue weighted by Crippen LogP contribution is 2.36. The highest BCUT2D eigenvalue weighted by Gasteiger charge is 2.20. The van der Waals surface area contributed by atoms with Crippen molar-refractivity contribution in [1.29, 1.82) is 0 Å². The van der Waals surface area contributed by atoms with E-state index in [-0.39, 0.29) is 17.4 Å². The number of aryl methyl sites for hydroxylation is 3. The Morgan fingerprint density at radius 2 is 1.60 bits per heavy atom. The SMILES string of the molecule is Cc1cc(C)c(-c2c(C)ccc(=O)n2[C@@H](C)c2ccccc2)c(O)c1. The van der Waals surface area contributed by atoms with Gasteiger partial charge in [-0.25, -0.2) is 0 Å². The summed E-state index contributed by atoms with van der Waals surface area (Å²) < 4.78 is 1.78. The van der Waals surface area contributed by atoms with Gasteiger partial charge in [0.25, 0.3) is 5.56 Å². The highest BCUT2D eigenvalue weighted by molar-refractivity contribution is 5.74. The molecule has 2 aromatic carbocycles. The molecule has 1 atom stereocenters. The molecule has 0 fully saturated rings. The summed E-state index contributed by atoms with van der Waals surface area (Å²) in [4.78, 5) is 12.8. The fourth-order valence-electron chi connectivity index (χ4n) is 3.49. The summed E-state index contributed by atoms with van der Waals surface area (Å²) in [6.07, 6.45) is 0. The summed E-state index contributed by atoms with van der Waals surface area (Å²) in [6, 6.07) is 17.0. The van der Waals surface area contributed by atoms with Gasteiger partial charge in [-0.05, 0) is 56.0 Å². The van der Waals surface area contributed by atoms with Gasteiger partial charge in [0.2, 0.25) is 0 Å². The zero-order valence-corrected chi connectivity index (χ0v) is 15.1. The van der Waals surface area contributed by atoms with Gasteiger partial charge in [0.1, 0.15) is 5.75 Å². The molecule has 0 radical (unpaired) electrons. The monoisotopic (exact) mass is 333 g/mol. The number of benzene rings is 2. The van der Waals surface area contributed by atoms with Crippen molar-refractivity contribution >= 4 is 0 Å². The average Bonchev–Trinajstić information content (AvgIpc) is 2.57. The molecular formula is C22H23NO2. The Balaban J connectivity index is 2.33. The van der Waals surface area contributed by atoms with Crippen molar-refractivity contribution in [2.24, 2.45) is 0 Å². The van der Waals surface area contributed by atoms with Crippen molar-refractivity contribution in [3.05, 3.63) is 87.2 Å². The van der Waals surface area contributed by atoms with Crippen LogP contribution >= 0.6 is 0 Å². The van der Waals surface area contributed by atoms with Gasteiger partial charge < -0.3 is 9.67 Å². The van der Waals surface area contributed by atoms with Gasteiger partial charge in [0.15, 0.2) is 0 Å². The second-order valence-electron chi connectivity index (χ2n) is 6.64. The molecule has 3 rings (SSSR count). The first kappa shape index (κ1) is 17.0. The van der Waals surface area contributed by atoms with E-state index in [0.29, 0.717) is 0 Å². The quantitative estimate of drug-likeness (QED) is 0.751. The second-order valence-corrected chi connectivity index (χ2v) is 6.64. The van der Waals surface area contributed by atoms with Crippen molar-refractivity contribution in [3.8, 4) is 17.0 Å². The van der Waals surface area contributed by atoms with Gasteiger partial charge in [-0.1, -0.05) is 42.5 Å². The molecule has 0 bridgehead atoms. The van der Waals surface area contributed by atoms with Crippen LogP contribution in [0.4, 0.5) is 0 Å². The molecule has 128 valence electrons. The highest BCUT2D eigenvalue weighted by atomic mass is 16.3.